The van der Waals surface area contributed by atoms with Gasteiger partial charge in [-0.1, -0.05) is 58.1 Å². The van der Waals surface area contributed by atoms with Crippen LogP contribution in [-0.2, 0) is 9.63 Å². The molecule has 0 aliphatic heterocycles. The third-order valence-electron chi connectivity index (χ3n) is 4.76. The Kier molecular flexibility index (Phi) is 8.77. The first-order valence-electron chi connectivity index (χ1n) is 8.99. The van der Waals surface area contributed by atoms with Crippen molar-refractivity contribution in [3.63, 3.8) is 0 Å². The molecular weight excluding hydrogens is 274 g/mol. The minimum absolute atomic E-state index is 0.00459. The summed E-state index contributed by atoms with van der Waals surface area (Å²) in [5, 5.41) is 1.51. The van der Waals surface area contributed by atoms with E-state index in [1.54, 1.807) is 7.11 Å². The number of nitrogens with zero attached hydrogens (tertiary/aromatic N) is 1. The first-order valence-corrected chi connectivity index (χ1v) is 8.99. The van der Waals surface area contributed by atoms with Gasteiger partial charge in [-0.15, -0.1) is 0 Å². The zero-order valence-electron chi connectivity index (χ0n) is 15.2. The molecule has 1 aliphatic carbocycles. The molecule has 1 amide bonds. The Labute approximate surface area is 137 Å². The third-order valence-corrected chi connectivity index (χ3v) is 4.76. The van der Waals surface area contributed by atoms with Gasteiger partial charge in [-0.05, 0) is 38.5 Å². The summed E-state index contributed by atoms with van der Waals surface area (Å²) in [6, 6.07) is 0.0740. The molecule has 0 saturated heterocycles. The van der Waals surface area contributed by atoms with E-state index in [0.29, 0.717) is 5.92 Å². The second-order valence-electron chi connectivity index (χ2n) is 7.24. The Morgan fingerprint density at radius 3 is 2.27 bits per heavy atom. The van der Waals surface area contributed by atoms with Crippen LogP contribution in [0.25, 0.3) is 0 Å². The highest BCUT2D eigenvalue weighted by Crippen LogP contribution is 2.27. The number of allylic oxidation sites excluding steroid dienone is 2. The minimum Gasteiger partial charge on any atom is -0.274 e. The van der Waals surface area contributed by atoms with Crippen LogP contribution < -0.4 is 0 Å². The first kappa shape index (κ1) is 19.2. The van der Waals surface area contributed by atoms with Crippen molar-refractivity contribution in [2.45, 2.75) is 78.7 Å². The van der Waals surface area contributed by atoms with E-state index in [4.69, 9.17) is 4.84 Å². The molecule has 0 aromatic rings. The second kappa shape index (κ2) is 10.0. The summed E-state index contributed by atoms with van der Waals surface area (Å²) >= 11 is 0. The molecule has 1 aliphatic rings. The number of hydrogen-bond acceptors (Lipinski definition) is 2. The van der Waals surface area contributed by atoms with Crippen LogP contribution in [0.1, 0.15) is 72.6 Å². The minimum atomic E-state index is 0.00459. The van der Waals surface area contributed by atoms with Gasteiger partial charge in [0.05, 0.1) is 13.2 Å². The van der Waals surface area contributed by atoms with Crippen molar-refractivity contribution in [1.82, 2.24) is 5.06 Å². The summed E-state index contributed by atoms with van der Waals surface area (Å²) in [7, 11) is 1.58. The largest absolute Gasteiger partial charge is 0.274 e. The van der Waals surface area contributed by atoms with Crippen LogP contribution in [0.3, 0.4) is 0 Å². The third kappa shape index (κ3) is 6.12. The molecule has 1 unspecified atom stereocenters. The van der Waals surface area contributed by atoms with Gasteiger partial charge in [0.15, 0.2) is 0 Å². The van der Waals surface area contributed by atoms with E-state index in [2.05, 4.69) is 26.0 Å². The number of rotatable bonds is 8. The average molecular weight is 309 g/mol. The normalized spacial score (nSPS) is 18.3. The number of carbonyl (C=O) groups excluding carboxylic acids is 1. The zero-order chi connectivity index (χ0) is 16.5. The Hall–Kier alpha value is -0.830. The van der Waals surface area contributed by atoms with Gasteiger partial charge in [0.25, 0.3) is 0 Å². The Morgan fingerprint density at radius 2 is 1.77 bits per heavy atom. The molecule has 0 heterocycles. The summed E-state index contributed by atoms with van der Waals surface area (Å²) in [6.45, 7) is 8.20. The zero-order valence-corrected chi connectivity index (χ0v) is 15.2. The standard InChI is InChI=1S/C19H35NO2/c1-15(2)18(19(21)20(22-5)16(3)4)14-10-9-13-17-11-7-6-8-12-17/h9-10,15-18H,6-8,11-14H2,1-5H3/b10-9+. The summed E-state index contributed by atoms with van der Waals surface area (Å²) in [6.07, 6.45) is 13.4. The topological polar surface area (TPSA) is 29.5 Å². The summed E-state index contributed by atoms with van der Waals surface area (Å²) in [4.78, 5) is 17.9. The van der Waals surface area contributed by atoms with Crippen LogP contribution in [0.15, 0.2) is 12.2 Å². The summed E-state index contributed by atoms with van der Waals surface area (Å²) in [5.74, 6) is 1.30. The van der Waals surface area contributed by atoms with Crippen molar-refractivity contribution in [3.8, 4) is 0 Å². The van der Waals surface area contributed by atoms with Crippen molar-refractivity contribution in [1.29, 1.82) is 0 Å². The molecule has 1 fully saturated rings. The van der Waals surface area contributed by atoms with Gasteiger partial charge in [0.1, 0.15) is 0 Å². The molecule has 3 nitrogen and oxygen atoms in total. The van der Waals surface area contributed by atoms with E-state index < -0.39 is 0 Å². The molecule has 0 aromatic carbocycles. The van der Waals surface area contributed by atoms with E-state index in [0.717, 1.165) is 12.3 Å². The van der Waals surface area contributed by atoms with Crippen LogP contribution in [-0.4, -0.2) is 24.1 Å². The maximum atomic E-state index is 12.6. The molecule has 1 atom stereocenters. The van der Waals surface area contributed by atoms with E-state index >= 15 is 0 Å². The number of hydrogen-bond donors (Lipinski definition) is 0. The van der Waals surface area contributed by atoms with Gasteiger partial charge in [-0.3, -0.25) is 9.63 Å². The monoisotopic (exact) mass is 309 g/mol. The van der Waals surface area contributed by atoms with Crippen molar-refractivity contribution in [3.05, 3.63) is 12.2 Å². The lowest BCUT2D eigenvalue weighted by Gasteiger charge is -2.29. The molecular formula is C19H35NO2. The Bertz CT molecular complexity index is 343. The molecule has 0 radical (unpaired) electrons. The summed E-state index contributed by atoms with van der Waals surface area (Å²) in [5.41, 5.74) is 0. The number of amides is 1. The highest BCUT2D eigenvalue weighted by molar-refractivity contribution is 5.78. The SMILES string of the molecule is CON(C(=O)C(C/C=C/CC1CCCCC1)C(C)C)C(C)C. The predicted octanol–water partition coefficient (Wildman–Crippen LogP) is 4.97. The molecule has 0 bridgehead atoms. The molecule has 3 heteroatoms. The van der Waals surface area contributed by atoms with Crippen molar-refractivity contribution in [2.24, 2.45) is 17.8 Å². The van der Waals surface area contributed by atoms with E-state index in [1.807, 2.05) is 13.8 Å². The van der Waals surface area contributed by atoms with E-state index in [9.17, 15) is 4.79 Å². The van der Waals surface area contributed by atoms with Gasteiger partial charge in [0.2, 0.25) is 5.91 Å². The van der Waals surface area contributed by atoms with Gasteiger partial charge < -0.3 is 0 Å². The lowest BCUT2D eigenvalue weighted by atomic mass is 9.86. The first-order chi connectivity index (χ1) is 10.5. The number of carbonyl (C=O) groups is 1. The quantitative estimate of drug-likeness (QED) is 0.468. The molecule has 0 N–H and O–H groups in total. The smallest absolute Gasteiger partial charge is 0.250 e. The molecule has 0 aromatic heterocycles. The highest BCUT2D eigenvalue weighted by Gasteiger charge is 2.28. The molecule has 1 saturated carbocycles. The molecule has 1 rings (SSSR count). The maximum Gasteiger partial charge on any atom is 0.250 e. The second-order valence-corrected chi connectivity index (χ2v) is 7.24. The van der Waals surface area contributed by atoms with Crippen LogP contribution >= 0.6 is 0 Å². The van der Waals surface area contributed by atoms with Crippen LogP contribution in [0.2, 0.25) is 0 Å². The van der Waals surface area contributed by atoms with E-state index in [1.165, 1.54) is 43.6 Å². The maximum absolute atomic E-state index is 12.6. The van der Waals surface area contributed by atoms with Crippen LogP contribution in [0.4, 0.5) is 0 Å². The fourth-order valence-corrected chi connectivity index (χ4v) is 3.33. The summed E-state index contributed by atoms with van der Waals surface area (Å²) < 4.78 is 0. The molecule has 128 valence electrons. The Balaban J connectivity index is 2.51. The average Bonchev–Trinajstić information content (AvgIpc) is 2.48. The van der Waals surface area contributed by atoms with Gasteiger partial charge in [-0.25, -0.2) is 5.06 Å². The van der Waals surface area contributed by atoms with Crippen molar-refractivity contribution < 1.29 is 9.63 Å². The van der Waals surface area contributed by atoms with Gasteiger partial charge in [0, 0.05) is 5.92 Å². The van der Waals surface area contributed by atoms with Crippen LogP contribution in [0, 0.1) is 17.8 Å². The fourth-order valence-electron chi connectivity index (χ4n) is 3.33. The van der Waals surface area contributed by atoms with E-state index in [-0.39, 0.29) is 17.9 Å². The molecule has 22 heavy (non-hydrogen) atoms. The fraction of sp³-hybridized carbons (Fsp3) is 0.842. The van der Waals surface area contributed by atoms with Crippen molar-refractivity contribution in [2.75, 3.05) is 7.11 Å². The Morgan fingerprint density at radius 1 is 1.14 bits per heavy atom. The number of hydroxylamine groups is 2. The van der Waals surface area contributed by atoms with Crippen LogP contribution in [0.5, 0.6) is 0 Å². The predicted molar refractivity (Wildman–Crippen MR) is 92.3 cm³/mol. The van der Waals surface area contributed by atoms with Gasteiger partial charge in [-0.2, -0.15) is 0 Å². The molecule has 0 spiro atoms. The lowest BCUT2D eigenvalue weighted by molar-refractivity contribution is -0.190. The van der Waals surface area contributed by atoms with Crippen molar-refractivity contribution >= 4 is 5.91 Å². The van der Waals surface area contributed by atoms with Gasteiger partial charge >= 0.3 is 0 Å². The lowest BCUT2D eigenvalue weighted by Crippen LogP contribution is -2.41. The highest BCUT2D eigenvalue weighted by atomic mass is 16.7.